The highest BCUT2D eigenvalue weighted by Crippen LogP contribution is 2.02. The third-order valence-electron chi connectivity index (χ3n) is 1.54. The fraction of sp³-hybridized carbons (Fsp3) is 0.222. The third-order valence-corrected chi connectivity index (χ3v) is 1.75. The molecule has 2 nitrogen and oxygen atoms in total. The highest BCUT2D eigenvalue weighted by molar-refractivity contribution is 7.80. The smallest absolute Gasteiger partial charge is 0.101 e. The Morgan fingerprint density at radius 3 is 2.50 bits per heavy atom. The van der Waals surface area contributed by atoms with Crippen LogP contribution in [-0.4, -0.2) is 15.3 Å². The van der Waals surface area contributed by atoms with E-state index in [1.807, 2.05) is 30.3 Å². The van der Waals surface area contributed by atoms with Gasteiger partial charge in [0.05, 0.1) is 6.54 Å². The molecule has 1 rings (SSSR count). The summed E-state index contributed by atoms with van der Waals surface area (Å²) in [5.41, 5.74) is 1.05. The standard InChI is InChI=1S/C9H11NOS/c1-8(12)10(11)7-9-5-3-2-4-6-9/h2-6,11H,7H2,1H3. The second kappa shape index (κ2) is 4.18. The molecule has 1 aromatic rings. The highest BCUT2D eigenvalue weighted by Gasteiger charge is 2.00. The molecule has 0 aliphatic rings. The summed E-state index contributed by atoms with van der Waals surface area (Å²) in [4.78, 5) is 0.485. The quantitative estimate of drug-likeness (QED) is 0.559. The van der Waals surface area contributed by atoms with E-state index in [1.54, 1.807) is 6.92 Å². The van der Waals surface area contributed by atoms with Gasteiger partial charge in [0.15, 0.2) is 0 Å². The van der Waals surface area contributed by atoms with Gasteiger partial charge in [0, 0.05) is 0 Å². The van der Waals surface area contributed by atoms with E-state index >= 15 is 0 Å². The monoisotopic (exact) mass is 181 g/mol. The maximum atomic E-state index is 9.27. The Kier molecular flexibility index (Phi) is 3.19. The van der Waals surface area contributed by atoms with Crippen LogP contribution in [0.1, 0.15) is 12.5 Å². The Hall–Kier alpha value is -0.930. The van der Waals surface area contributed by atoms with Crippen LogP contribution in [0, 0.1) is 0 Å². The Balaban J connectivity index is 2.58. The van der Waals surface area contributed by atoms with Gasteiger partial charge in [-0.2, -0.15) is 0 Å². The first-order chi connectivity index (χ1) is 5.70. The third kappa shape index (κ3) is 2.60. The fourth-order valence-corrected chi connectivity index (χ4v) is 0.932. The molecule has 64 valence electrons. The van der Waals surface area contributed by atoms with Gasteiger partial charge < -0.3 is 0 Å². The summed E-state index contributed by atoms with van der Waals surface area (Å²) in [5.74, 6) is 0. The van der Waals surface area contributed by atoms with Crippen LogP contribution >= 0.6 is 12.2 Å². The first kappa shape index (κ1) is 9.16. The summed E-state index contributed by atoms with van der Waals surface area (Å²) in [6.45, 7) is 2.15. The minimum absolute atomic E-state index is 0.455. The van der Waals surface area contributed by atoms with Crippen LogP contribution in [0.2, 0.25) is 0 Å². The Morgan fingerprint density at radius 2 is 2.00 bits per heavy atom. The minimum Gasteiger partial charge on any atom is -0.288 e. The Bertz CT molecular complexity index is 260. The molecule has 0 atom stereocenters. The van der Waals surface area contributed by atoms with Crippen LogP contribution in [0.4, 0.5) is 0 Å². The molecule has 0 unspecified atom stereocenters. The fourth-order valence-electron chi connectivity index (χ4n) is 0.868. The van der Waals surface area contributed by atoms with E-state index in [9.17, 15) is 5.21 Å². The van der Waals surface area contributed by atoms with Crippen molar-refractivity contribution in [2.75, 3.05) is 0 Å². The molecule has 1 N–H and O–H groups in total. The lowest BCUT2D eigenvalue weighted by Gasteiger charge is -2.14. The van der Waals surface area contributed by atoms with Gasteiger partial charge in [0.25, 0.3) is 0 Å². The number of benzene rings is 1. The van der Waals surface area contributed by atoms with Crippen molar-refractivity contribution in [2.45, 2.75) is 13.5 Å². The molecule has 0 aliphatic heterocycles. The summed E-state index contributed by atoms with van der Waals surface area (Å²) in [6, 6.07) is 9.70. The summed E-state index contributed by atoms with van der Waals surface area (Å²) in [7, 11) is 0. The number of thiocarbonyl (C=S) groups is 1. The number of rotatable bonds is 2. The average Bonchev–Trinajstić information content (AvgIpc) is 2.06. The summed E-state index contributed by atoms with van der Waals surface area (Å²) in [5, 5.41) is 10.3. The molecule has 0 spiro atoms. The lowest BCUT2D eigenvalue weighted by Crippen LogP contribution is -2.22. The molecule has 0 amide bonds. The first-order valence-electron chi connectivity index (χ1n) is 3.71. The van der Waals surface area contributed by atoms with Gasteiger partial charge in [-0.25, -0.2) is 5.06 Å². The molecule has 0 saturated heterocycles. The zero-order valence-electron chi connectivity index (χ0n) is 6.90. The van der Waals surface area contributed by atoms with Crippen molar-refractivity contribution < 1.29 is 5.21 Å². The van der Waals surface area contributed by atoms with Crippen LogP contribution < -0.4 is 0 Å². The molecule has 0 aliphatic carbocycles. The maximum Gasteiger partial charge on any atom is 0.101 e. The van der Waals surface area contributed by atoms with Crippen molar-refractivity contribution in [3.63, 3.8) is 0 Å². The summed E-state index contributed by atoms with van der Waals surface area (Å²) < 4.78 is 0. The zero-order chi connectivity index (χ0) is 8.97. The molecule has 0 fully saturated rings. The molecule has 3 heteroatoms. The van der Waals surface area contributed by atoms with E-state index in [0.717, 1.165) is 10.6 Å². The van der Waals surface area contributed by atoms with Gasteiger partial charge in [0.2, 0.25) is 0 Å². The number of hydroxylamine groups is 2. The van der Waals surface area contributed by atoms with E-state index in [-0.39, 0.29) is 0 Å². The molecular weight excluding hydrogens is 170 g/mol. The number of hydrogen-bond donors (Lipinski definition) is 1. The van der Waals surface area contributed by atoms with Crippen LogP contribution in [0.5, 0.6) is 0 Å². The second-order valence-electron chi connectivity index (χ2n) is 2.56. The van der Waals surface area contributed by atoms with Crippen molar-refractivity contribution in [1.82, 2.24) is 5.06 Å². The van der Waals surface area contributed by atoms with Crippen LogP contribution in [0.25, 0.3) is 0 Å². The molecule has 0 radical (unpaired) electrons. The van der Waals surface area contributed by atoms with Gasteiger partial charge in [-0.1, -0.05) is 42.5 Å². The highest BCUT2D eigenvalue weighted by atomic mass is 32.1. The van der Waals surface area contributed by atoms with Gasteiger partial charge >= 0.3 is 0 Å². The van der Waals surface area contributed by atoms with Crippen LogP contribution in [0.15, 0.2) is 30.3 Å². The molecule has 0 aromatic heterocycles. The molecule has 12 heavy (non-hydrogen) atoms. The lowest BCUT2D eigenvalue weighted by molar-refractivity contribution is -0.0204. The van der Waals surface area contributed by atoms with Crippen molar-refractivity contribution in [3.8, 4) is 0 Å². The molecular formula is C9H11NOS. The van der Waals surface area contributed by atoms with Crippen molar-refractivity contribution in [1.29, 1.82) is 0 Å². The van der Waals surface area contributed by atoms with E-state index in [0.29, 0.717) is 11.5 Å². The second-order valence-corrected chi connectivity index (χ2v) is 3.15. The van der Waals surface area contributed by atoms with Crippen molar-refractivity contribution >= 4 is 17.2 Å². The van der Waals surface area contributed by atoms with Gasteiger partial charge in [-0.15, -0.1) is 0 Å². The Morgan fingerprint density at radius 1 is 1.42 bits per heavy atom. The van der Waals surface area contributed by atoms with E-state index in [1.165, 1.54) is 0 Å². The molecule has 1 aromatic carbocycles. The molecule has 0 heterocycles. The SMILES string of the molecule is CC(=S)N(O)Cc1ccccc1. The summed E-state index contributed by atoms with van der Waals surface area (Å²) >= 11 is 4.79. The lowest BCUT2D eigenvalue weighted by atomic mass is 10.2. The van der Waals surface area contributed by atoms with Crippen molar-refractivity contribution in [3.05, 3.63) is 35.9 Å². The largest absolute Gasteiger partial charge is 0.288 e. The van der Waals surface area contributed by atoms with E-state index in [4.69, 9.17) is 12.2 Å². The summed E-state index contributed by atoms with van der Waals surface area (Å²) in [6.07, 6.45) is 0. The minimum atomic E-state index is 0.455. The van der Waals surface area contributed by atoms with Gasteiger partial charge in [-0.05, 0) is 12.5 Å². The molecule has 0 bridgehead atoms. The van der Waals surface area contributed by atoms with E-state index < -0.39 is 0 Å². The average molecular weight is 181 g/mol. The van der Waals surface area contributed by atoms with Crippen molar-refractivity contribution in [2.24, 2.45) is 0 Å². The number of nitrogens with zero attached hydrogens (tertiary/aromatic N) is 1. The topological polar surface area (TPSA) is 23.5 Å². The van der Waals surface area contributed by atoms with Gasteiger partial charge in [-0.3, -0.25) is 5.21 Å². The first-order valence-corrected chi connectivity index (χ1v) is 4.12. The van der Waals surface area contributed by atoms with Gasteiger partial charge in [0.1, 0.15) is 4.99 Å². The van der Waals surface area contributed by atoms with Crippen LogP contribution in [0.3, 0.4) is 0 Å². The zero-order valence-corrected chi connectivity index (χ0v) is 7.71. The van der Waals surface area contributed by atoms with E-state index in [2.05, 4.69) is 0 Å². The predicted octanol–water partition coefficient (Wildman–Crippen LogP) is 2.23. The van der Waals surface area contributed by atoms with Crippen LogP contribution in [-0.2, 0) is 6.54 Å². The molecule has 0 saturated carbocycles. The number of hydrogen-bond acceptors (Lipinski definition) is 2. The maximum absolute atomic E-state index is 9.27. The predicted molar refractivity (Wildman–Crippen MR) is 52.0 cm³/mol. The Labute approximate surface area is 77.4 Å². The normalized spacial score (nSPS) is 9.50.